The number of fused-ring (bicyclic) bond motifs is 1. The smallest absolute Gasteiger partial charge is 0.294 e. The van der Waals surface area contributed by atoms with Crippen LogP contribution in [0, 0.1) is 0 Å². The molecule has 0 atom stereocenters. The van der Waals surface area contributed by atoms with Crippen LogP contribution in [-0.4, -0.2) is 45.4 Å². The molecule has 0 saturated heterocycles. The molecule has 0 fully saturated rings. The molecular formula is C25H30N2O5. The highest BCUT2D eigenvalue weighted by atomic mass is 16.7. The van der Waals surface area contributed by atoms with Gasteiger partial charge < -0.3 is 19.5 Å². The Hall–Kier alpha value is -3.16. The van der Waals surface area contributed by atoms with Crippen LogP contribution in [0.15, 0.2) is 54.3 Å². The molecule has 0 unspecified atom stereocenters. The second-order valence-electron chi connectivity index (χ2n) is 8.55. The lowest BCUT2D eigenvalue weighted by atomic mass is 9.86. The third-order valence-electron chi connectivity index (χ3n) is 5.18. The van der Waals surface area contributed by atoms with Gasteiger partial charge in [-0.05, 0) is 34.8 Å². The van der Waals surface area contributed by atoms with Gasteiger partial charge in [0.1, 0.15) is 6.54 Å². The number of rotatable bonds is 7. The van der Waals surface area contributed by atoms with Gasteiger partial charge in [-0.2, -0.15) is 0 Å². The van der Waals surface area contributed by atoms with Crippen molar-refractivity contribution in [2.24, 2.45) is 0 Å². The molecule has 7 heteroatoms. The fraction of sp³-hybridized carbons (Fsp3) is 0.360. The van der Waals surface area contributed by atoms with Gasteiger partial charge >= 0.3 is 0 Å². The van der Waals surface area contributed by atoms with Crippen LogP contribution in [0.5, 0.6) is 5.75 Å². The van der Waals surface area contributed by atoms with Crippen molar-refractivity contribution in [3.8, 4) is 5.75 Å². The van der Waals surface area contributed by atoms with Gasteiger partial charge in [0, 0.05) is 14.2 Å². The Labute approximate surface area is 189 Å². The molecule has 0 aromatic heterocycles. The standard InChI is InChI=1S/C25H30N2O5/c1-25(2,3)18-11-12-20-19(14-18)27(16-22(28)26-15-23(30-4)31-5)24(29)21(32-20)13-17-9-7-6-8-10-17/h6-14,23H,15-16H2,1-5H3,(H,26,28)/b21-13-. The maximum Gasteiger partial charge on any atom is 0.294 e. The van der Waals surface area contributed by atoms with Gasteiger partial charge in [-0.25, -0.2) is 0 Å². The van der Waals surface area contributed by atoms with E-state index in [4.69, 9.17) is 14.2 Å². The predicted molar refractivity (Wildman–Crippen MR) is 123 cm³/mol. The fourth-order valence-electron chi connectivity index (χ4n) is 3.29. The van der Waals surface area contributed by atoms with Gasteiger partial charge in [-0.1, -0.05) is 57.2 Å². The maximum absolute atomic E-state index is 13.3. The monoisotopic (exact) mass is 438 g/mol. The normalized spacial score (nSPS) is 15.0. The van der Waals surface area contributed by atoms with E-state index in [1.54, 1.807) is 6.08 Å². The van der Waals surface area contributed by atoms with Crippen LogP contribution in [0.2, 0.25) is 0 Å². The van der Waals surface area contributed by atoms with E-state index < -0.39 is 6.29 Å². The Kier molecular flexibility index (Phi) is 7.33. The first kappa shape index (κ1) is 23.5. The second kappa shape index (κ2) is 9.97. The Balaban J connectivity index is 1.93. The zero-order valence-electron chi connectivity index (χ0n) is 19.2. The minimum atomic E-state index is -0.562. The van der Waals surface area contributed by atoms with Crippen molar-refractivity contribution in [2.75, 3.05) is 32.2 Å². The summed E-state index contributed by atoms with van der Waals surface area (Å²) < 4.78 is 16.2. The number of methoxy groups -OCH3 is 2. The van der Waals surface area contributed by atoms with E-state index in [1.807, 2.05) is 48.5 Å². The van der Waals surface area contributed by atoms with Crippen LogP contribution < -0.4 is 15.0 Å². The number of carbonyl (C=O) groups is 2. The molecule has 1 aliphatic heterocycles. The zero-order chi connectivity index (χ0) is 23.3. The number of nitrogens with zero attached hydrogens (tertiary/aromatic N) is 1. The number of hydrogen-bond donors (Lipinski definition) is 1. The van der Waals surface area contributed by atoms with E-state index >= 15 is 0 Å². The summed E-state index contributed by atoms with van der Waals surface area (Å²) >= 11 is 0. The summed E-state index contributed by atoms with van der Waals surface area (Å²) in [5.74, 6) is -0.0194. The summed E-state index contributed by atoms with van der Waals surface area (Å²) in [4.78, 5) is 27.5. The van der Waals surface area contributed by atoms with E-state index in [9.17, 15) is 9.59 Å². The highest BCUT2D eigenvalue weighted by Crippen LogP contribution is 2.39. The lowest BCUT2D eigenvalue weighted by molar-refractivity contribution is -0.127. The summed E-state index contributed by atoms with van der Waals surface area (Å²) in [5.41, 5.74) is 2.30. The number of benzene rings is 2. The van der Waals surface area contributed by atoms with Gasteiger partial charge in [-0.15, -0.1) is 0 Å². The third-order valence-corrected chi connectivity index (χ3v) is 5.18. The first-order valence-electron chi connectivity index (χ1n) is 10.5. The van der Waals surface area contributed by atoms with Crippen LogP contribution in [0.1, 0.15) is 31.9 Å². The molecule has 7 nitrogen and oxygen atoms in total. The zero-order valence-corrected chi connectivity index (χ0v) is 19.2. The maximum atomic E-state index is 13.3. The summed E-state index contributed by atoms with van der Waals surface area (Å²) in [6.07, 6.45) is 1.12. The molecule has 0 spiro atoms. The largest absolute Gasteiger partial charge is 0.449 e. The van der Waals surface area contributed by atoms with Gasteiger partial charge in [0.25, 0.3) is 5.91 Å². The third kappa shape index (κ3) is 5.55. The SMILES string of the molecule is COC(CNC(=O)CN1C(=O)/C(=C/c2ccccc2)Oc2ccc(C(C)(C)C)cc21)OC. The number of nitrogens with one attached hydrogen (secondary N) is 1. The van der Waals surface area contributed by atoms with E-state index in [2.05, 4.69) is 26.1 Å². The lowest BCUT2D eigenvalue weighted by Gasteiger charge is -2.32. The van der Waals surface area contributed by atoms with Crippen molar-refractivity contribution in [3.63, 3.8) is 0 Å². The molecule has 0 aliphatic carbocycles. The first-order valence-corrected chi connectivity index (χ1v) is 10.5. The second-order valence-corrected chi connectivity index (χ2v) is 8.55. The predicted octanol–water partition coefficient (Wildman–Crippen LogP) is 3.49. The van der Waals surface area contributed by atoms with Crippen LogP contribution in [0.3, 0.4) is 0 Å². The number of carbonyl (C=O) groups excluding carboxylic acids is 2. The van der Waals surface area contributed by atoms with Crippen molar-refractivity contribution in [1.29, 1.82) is 0 Å². The average Bonchev–Trinajstić information content (AvgIpc) is 2.77. The Morgan fingerprint density at radius 3 is 2.44 bits per heavy atom. The van der Waals surface area contributed by atoms with Gasteiger partial charge in [0.15, 0.2) is 17.8 Å². The number of ether oxygens (including phenoxy) is 3. The van der Waals surface area contributed by atoms with Crippen LogP contribution in [0.25, 0.3) is 6.08 Å². The van der Waals surface area contributed by atoms with Gasteiger partial charge in [-0.3, -0.25) is 14.5 Å². The number of anilines is 1. The van der Waals surface area contributed by atoms with Crippen molar-refractivity contribution >= 4 is 23.6 Å². The average molecular weight is 439 g/mol. The van der Waals surface area contributed by atoms with E-state index in [1.165, 1.54) is 19.1 Å². The summed E-state index contributed by atoms with van der Waals surface area (Å²) in [7, 11) is 2.99. The molecule has 32 heavy (non-hydrogen) atoms. The van der Waals surface area contributed by atoms with Gasteiger partial charge in [0.2, 0.25) is 5.91 Å². The number of amides is 2. The topological polar surface area (TPSA) is 77.1 Å². The molecule has 0 bridgehead atoms. The molecule has 170 valence electrons. The fourth-order valence-corrected chi connectivity index (χ4v) is 3.29. The van der Waals surface area contributed by atoms with E-state index in [0.717, 1.165) is 11.1 Å². The molecule has 3 rings (SSSR count). The minimum Gasteiger partial charge on any atom is -0.449 e. The van der Waals surface area contributed by atoms with Gasteiger partial charge in [0.05, 0.1) is 12.2 Å². The molecule has 0 saturated carbocycles. The van der Waals surface area contributed by atoms with Crippen molar-refractivity contribution in [1.82, 2.24) is 5.32 Å². The first-order chi connectivity index (χ1) is 15.2. The van der Waals surface area contributed by atoms with E-state index in [-0.39, 0.29) is 36.1 Å². The minimum absolute atomic E-state index is 0.129. The van der Waals surface area contributed by atoms with Crippen molar-refractivity contribution in [2.45, 2.75) is 32.5 Å². The summed E-state index contributed by atoms with van der Waals surface area (Å²) in [6.45, 7) is 6.29. The molecule has 1 N–H and O–H groups in total. The van der Waals surface area contributed by atoms with Crippen LogP contribution in [-0.2, 0) is 24.5 Å². The Bertz CT molecular complexity index is 991. The molecule has 2 aromatic rings. The quantitative estimate of drug-likeness (QED) is 0.529. The van der Waals surface area contributed by atoms with Crippen molar-refractivity contribution < 1.29 is 23.8 Å². The molecule has 0 radical (unpaired) electrons. The summed E-state index contributed by atoms with van der Waals surface area (Å²) in [5, 5.41) is 2.75. The highest BCUT2D eigenvalue weighted by Gasteiger charge is 2.33. The highest BCUT2D eigenvalue weighted by molar-refractivity contribution is 6.12. The van der Waals surface area contributed by atoms with Crippen LogP contribution >= 0.6 is 0 Å². The molecule has 2 amide bonds. The van der Waals surface area contributed by atoms with E-state index in [0.29, 0.717) is 11.4 Å². The van der Waals surface area contributed by atoms with Crippen molar-refractivity contribution in [3.05, 3.63) is 65.4 Å². The lowest BCUT2D eigenvalue weighted by Crippen LogP contribution is -2.46. The van der Waals surface area contributed by atoms with Crippen LogP contribution in [0.4, 0.5) is 5.69 Å². The molecular weight excluding hydrogens is 408 g/mol. The molecule has 1 aliphatic rings. The molecule has 1 heterocycles. The molecule has 2 aromatic carbocycles. The Morgan fingerprint density at radius 1 is 1.12 bits per heavy atom. The Morgan fingerprint density at radius 2 is 1.81 bits per heavy atom. The number of hydrogen-bond acceptors (Lipinski definition) is 5. The summed E-state index contributed by atoms with van der Waals surface area (Å²) in [6, 6.07) is 15.2.